The van der Waals surface area contributed by atoms with Crippen LogP contribution in [0.25, 0.3) is 0 Å². The van der Waals surface area contributed by atoms with Gasteiger partial charge in [-0.3, -0.25) is 4.79 Å². The molecule has 1 aromatic rings. The molecule has 0 unspecified atom stereocenters. The second kappa shape index (κ2) is 2.90. The van der Waals surface area contributed by atoms with E-state index in [1.54, 1.807) is 12.1 Å². The number of phenols is 1. The zero-order valence-electron chi connectivity index (χ0n) is 9.16. The molecule has 2 N–H and O–H groups in total. The highest BCUT2D eigenvalue weighted by atomic mass is 16.3. The highest BCUT2D eigenvalue weighted by molar-refractivity contribution is 6.08. The third-order valence-electron chi connectivity index (χ3n) is 3.50. The molecule has 4 nitrogen and oxygen atoms in total. The maximum atomic E-state index is 12.0. The molecule has 4 heteroatoms. The SMILES string of the molecule is CCN1c2ccc(O)cc2NC(=O)C12CC2. The Balaban J connectivity index is 2.13. The summed E-state index contributed by atoms with van der Waals surface area (Å²) < 4.78 is 0. The smallest absolute Gasteiger partial charge is 0.250 e. The molecule has 1 spiro atoms. The summed E-state index contributed by atoms with van der Waals surface area (Å²) in [5.74, 6) is 0.245. The third-order valence-corrected chi connectivity index (χ3v) is 3.50. The first-order valence-electron chi connectivity index (χ1n) is 5.59. The minimum Gasteiger partial charge on any atom is -0.508 e. The maximum Gasteiger partial charge on any atom is 0.250 e. The first kappa shape index (κ1) is 9.51. The van der Waals surface area contributed by atoms with Crippen LogP contribution in [0.1, 0.15) is 19.8 Å². The number of amides is 1. The molecule has 1 saturated carbocycles. The Labute approximate surface area is 93.9 Å². The lowest BCUT2D eigenvalue weighted by Crippen LogP contribution is -2.50. The van der Waals surface area contributed by atoms with Gasteiger partial charge in [0.2, 0.25) is 5.91 Å². The van der Waals surface area contributed by atoms with Gasteiger partial charge in [-0.1, -0.05) is 0 Å². The van der Waals surface area contributed by atoms with E-state index in [0.717, 1.165) is 25.1 Å². The Hall–Kier alpha value is -1.71. The average molecular weight is 218 g/mol. The second-order valence-electron chi connectivity index (χ2n) is 4.43. The molecule has 1 aromatic carbocycles. The van der Waals surface area contributed by atoms with Crippen LogP contribution in [-0.4, -0.2) is 23.1 Å². The number of carbonyl (C=O) groups is 1. The van der Waals surface area contributed by atoms with Crippen LogP contribution in [0, 0.1) is 0 Å². The summed E-state index contributed by atoms with van der Waals surface area (Å²) in [6.07, 6.45) is 1.85. The highest BCUT2D eigenvalue weighted by Gasteiger charge is 2.56. The van der Waals surface area contributed by atoms with E-state index in [-0.39, 0.29) is 17.2 Å². The number of likely N-dealkylation sites (N-methyl/N-ethyl adjacent to an activating group) is 1. The number of anilines is 2. The van der Waals surface area contributed by atoms with Crippen LogP contribution in [0.4, 0.5) is 11.4 Å². The van der Waals surface area contributed by atoms with E-state index < -0.39 is 0 Å². The second-order valence-corrected chi connectivity index (χ2v) is 4.43. The van der Waals surface area contributed by atoms with Crippen LogP contribution < -0.4 is 10.2 Å². The number of nitrogens with zero attached hydrogens (tertiary/aromatic N) is 1. The van der Waals surface area contributed by atoms with E-state index in [9.17, 15) is 9.90 Å². The van der Waals surface area contributed by atoms with Gasteiger partial charge < -0.3 is 15.3 Å². The van der Waals surface area contributed by atoms with Crippen molar-refractivity contribution >= 4 is 17.3 Å². The average Bonchev–Trinajstić information content (AvgIpc) is 3.02. The third kappa shape index (κ3) is 1.07. The Kier molecular flexibility index (Phi) is 1.73. The first-order chi connectivity index (χ1) is 7.67. The molecule has 16 heavy (non-hydrogen) atoms. The van der Waals surface area contributed by atoms with Crippen LogP contribution >= 0.6 is 0 Å². The van der Waals surface area contributed by atoms with Gasteiger partial charge in [-0.2, -0.15) is 0 Å². The number of rotatable bonds is 1. The zero-order valence-corrected chi connectivity index (χ0v) is 9.16. The van der Waals surface area contributed by atoms with E-state index in [1.807, 2.05) is 6.07 Å². The predicted molar refractivity (Wildman–Crippen MR) is 61.7 cm³/mol. The summed E-state index contributed by atoms with van der Waals surface area (Å²) in [6.45, 7) is 2.86. The Bertz CT molecular complexity index is 466. The van der Waals surface area contributed by atoms with Crippen LogP contribution in [0.2, 0.25) is 0 Å². The van der Waals surface area contributed by atoms with Gasteiger partial charge in [0.1, 0.15) is 11.3 Å². The summed E-state index contributed by atoms with van der Waals surface area (Å²) in [5.41, 5.74) is 1.42. The molecule has 1 fully saturated rings. The van der Waals surface area contributed by atoms with E-state index in [1.165, 1.54) is 0 Å². The molecule has 0 saturated heterocycles. The fourth-order valence-electron chi connectivity index (χ4n) is 2.54. The summed E-state index contributed by atoms with van der Waals surface area (Å²) in [4.78, 5) is 14.1. The number of benzene rings is 1. The number of fused-ring (bicyclic) bond motifs is 1. The van der Waals surface area contributed by atoms with Gasteiger partial charge >= 0.3 is 0 Å². The maximum absolute atomic E-state index is 12.0. The molecular weight excluding hydrogens is 204 g/mol. The number of nitrogens with one attached hydrogen (secondary N) is 1. The van der Waals surface area contributed by atoms with Crippen LogP contribution in [-0.2, 0) is 4.79 Å². The molecule has 1 heterocycles. The van der Waals surface area contributed by atoms with Crippen LogP contribution in [0.5, 0.6) is 5.75 Å². The molecule has 1 aliphatic carbocycles. The van der Waals surface area contributed by atoms with Crippen LogP contribution in [0.3, 0.4) is 0 Å². The van der Waals surface area contributed by atoms with Crippen molar-refractivity contribution in [2.24, 2.45) is 0 Å². The van der Waals surface area contributed by atoms with Gasteiger partial charge in [-0.25, -0.2) is 0 Å². The quantitative estimate of drug-likeness (QED) is 0.754. The largest absolute Gasteiger partial charge is 0.508 e. The lowest BCUT2D eigenvalue weighted by molar-refractivity contribution is -0.118. The molecular formula is C12H14N2O2. The molecule has 84 valence electrons. The summed E-state index contributed by atoms with van der Waals surface area (Å²) >= 11 is 0. The molecule has 0 aromatic heterocycles. The summed E-state index contributed by atoms with van der Waals surface area (Å²) in [6, 6.07) is 5.13. The normalized spacial score (nSPS) is 20.6. The topological polar surface area (TPSA) is 52.6 Å². The van der Waals surface area contributed by atoms with Gasteiger partial charge in [0, 0.05) is 12.6 Å². The monoisotopic (exact) mass is 218 g/mol. The molecule has 1 amide bonds. The summed E-state index contributed by atoms with van der Waals surface area (Å²) in [7, 11) is 0. The van der Waals surface area contributed by atoms with Gasteiger partial charge in [-0.05, 0) is 31.9 Å². The first-order valence-corrected chi connectivity index (χ1v) is 5.59. The molecule has 0 bridgehead atoms. The van der Waals surface area contributed by atoms with Crippen molar-refractivity contribution in [1.82, 2.24) is 0 Å². The zero-order chi connectivity index (χ0) is 11.3. The highest BCUT2D eigenvalue weighted by Crippen LogP contribution is 2.50. The van der Waals surface area contributed by atoms with Gasteiger partial charge in [-0.15, -0.1) is 0 Å². The number of aromatic hydroxyl groups is 1. The summed E-state index contributed by atoms with van der Waals surface area (Å²) in [5, 5.41) is 12.3. The van der Waals surface area contributed by atoms with Crippen LogP contribution in [0.15, 0.2) is 18.2 Å². The Morgan fingerprint density at radius 2 is 2.25 bits per heavy atom. The van der Waals surface area contributed by atoms with Crippen molar-refractivity contribution in [1.29, 1.82) is 0 Å². The van der Waals surface area contributed by atoms with Crippen molar-refractivity contribution in [3.05, 3.63) is 18.2 Å². The van der Waals surface area contributed by atoms with Crippen molar-refractivity contribution < 1.29 is 9.90 Å². The van der Waals surface area contributed by atoms with Crippen molar-refractivity contribution in [3.63, 3.8) is 0 Å². The number of hydrogen-bond donors (Lipinski definition) is 2. The minimum absolute atomic E-state index is 0.0625. The number of hydrogen-bond acceptors (Lipinski definition) is 3. The predicted octanol–water partition coefficient (Wildman–Crippen LogP) is 1.70. The Morgan fingerprint density at radius 1 is 1.50 bits per heavy atom. The fourth-order valence-corrected chi connectivity index (χ4v) is 2.54. The molecule has 3 rings (SSSR count). The van der Waals surface area contributed by atoms with E-state index in [0.29, 0.717) is 5.69 Å². The minimum atomic E-state index is -0.307. The van der Waals surface area contributed by atoms with Crippen molar-refractivity contribution in [2.45, 2.75) is 25.3 Å². The molecule has 2 aliphatic rings. The molecule has 1 aliphatic heterocycles. The lowest BCUT2D eigenvalue weighted by Gasteiger charge is -2.37. The standard InChI is InChI=1S/C12H14N2O2/c1-2-14-10-4-3-8(15)7-9(10)13-11(16)12(14)5-6-12/h3-4,7,15H,2,5-6H2,1H3,(H,13,16). The van der Waals surface area contributed by atoms with E-state index >= 15 is 0 Å². The van der Waals surface area contributed by atoms with Gasteiger partial charge in [0.05, 0.1) is 11.4 Å². The van der Waals surface area contributed by atoms with E-state index in [2.05, 4.69) is 17.1 Å². The van der Waals surface area contributed by atoms with Crippen molar-refractivity contribution in [3.8, 4) is 5.75 Å². The van der Waals surface area contributed by atoms with E-state index in [4.69, 9.17) is 0 Å². The van der Waals surface area contributed by atoms with Crippen molar-refractivity contribution in [2.75, 3.05) is 16.8 Å². The lowest BCUT2D eigenvalue weighted by atomic mass is 10.1. The number of carbonyl (C=O) groups excluding carboxylic acids is 1. The Morgan fingerprint density at radius 3 is 2.88 bits per heavy atom. The van der Waals surface area contributed by atoms with Gasteiger partial charge in [0.25, 0.3) is 0 Å². The number of phenolic OH excluding ortho intramolecular Hbond substituents is 1. The molecule has 0 radical (unpaired) electrons. The molecule has 0 atom stereocenters. The fraction of sp³-hybridized carbons (Fsp3) is 0.417. The van der Waals surface area contributed by atoms with Gasteiger partial charge in [0.15, 0.2) is 0 Å².